The molecule has 14 heteroatoms. The highest BCUT2D eigenvalue weighted by molar-refractivity contribution is 8.35. The van der Waals surface area contributed by atoms with Crippen molar-refractivity contribution in [1.82, 2.24) is 5.32 Å². The topological polar surface area (TPSA) is 122 Å². The molecule has 8 aromatic carbocycles. The molecule has 10 rings (SSSR count). The molecule has 0 saturated heterocycles. The number of nitrogens with one attached hydrogen (secondary N) is 1. The van der Waals surface area contributed by atoms with Crippen molar-refractivity contribution < 1.29 is 43.1 Å². The Bertz CT molecular complexity index is 3530. The standard InChI is InChI=1S/C60H57NO9S4/c1-36(58(64)66-4)31-70-53-28-45(35-69-47-14-16-49-51(30-47)57(60-73-21-22-74-60)48-15-13-46(63)29-50(48)56(49)59-71-19-20-72-59)52(65-3)27-44(53)34-68-33-39-25-42-11-9-40-23-38(24-41-10-12-43(26-39)55(42)54(40)41)32-67-18-8-6-5-7-17-61-37(2)62/h9-16,19-30,36,63H,5-8,17-18,31-35H2,1-4H3,(H,61,62). The third-order valence-corrected chi connectivity index (χ3v) is 17.5. The van der Waals surface area contributed by atoms with Crippen molar-refractivity contribution in [1.29, 1.82) is 0 Å². The first-order valence-corrected chi connectivity index (χ1v) is 28.2. The molecule has 0 fully saturated rings. The van der Waals surface area contributed by atoms with Crippen LogP contribution in [0.5, 0.6) is 23.0 Å². The Morgan fingerprint density at radius 1 is 0.581 bits per heavy atom. The Morgan fingerprint density at radius 2 is 1.14 bits per heavy atom. The summed E-state index contributed by atoms with van der Waals surface area (Å²) in [7, 11) is 3.02. The quantitative estimate of drug-likeness (QED) is 0.0308. The third kappa shape index (κ3) is 11.5. The van der Waals surface area contributed by atoms with E-state index in [1.165, 1.54) is 32.9 Å². The van der Waals surface area contributed by atoms with Crippen LogP contribution in [0.15, 0.2) is 119 Å². The van der Waals surface area contributed by atoms with Crippen LogP contribution in [0.3, 0.4) is 0 Å². The molecule has 0 aliphatic carbocycles. The molecule has 0 saturated carbocycles. The zero-order valence-electron chi connectivity index (χ0n) is 41.7. The van der Waals surface area contributed by atoms with Gasteiger partial charge in [-0.05, 0) is 179 Å². The lowest BCUT2D eigenvalue weighted by molar-refractivity contribution is -0.145. The van der Waals surface area contributed by atoms with E-state index in [1.807, 2.05) is 30.3 Å². The van der Waals surface area contributed by atoms with E-state index < -0.39 is 5.92 Å². The van der Waals surface area contributed by atoms with Crippen molar-refractivity contribution >= 4 is 121 Å². The summed E-state index contributed by atoms with van der Waals surface area (Å²) in [6, 6.07) is 33.4. The van der Waals surface area contributed by atoms with E-state index in [4.69, 9.17) is 28.4 Å². The average molecular weight is 1060 g/mol. The van der Waals surface area contributed by atoms with Crippen LogP contribution in [-0.4, -0.2) is 51.0 Å². The zero-order chi connectivity index (χ0) is 51.1. The minimum absolute atomic E-state index is 0.0235. The van der Waals surface area contributed by atoms with Crippen LogP contribution >= 0.6 is 47.0 Å². The van der Waals surface area contributed by atoms with Crippen molar-refractivity contribution in [3.8, 4) is 23.0 Å². The van der Waals surface area contributed by atoms with Gasteiger partial charge in [-0.15, -0.1) is 0 Å². The molecule has 1 amide bonds. The predicted octanol–water partition coefficient (Wildman–Crippen LogP) is 13.3. The van der Waals surface area contributed by atoms with Gasteiger partial charge in [0.25, 0.3) is 0 Å². The Labute approximate surface area is 447 Å². The van der Waals surface area contributed by atoms with Gasteiger partial charge in [-0.25, -0.2) is 0 Å². The average Bonchev–Trinajstić information content (AvgIpc) is 4.16. The highest BCUT2D eigenvalue weighted by atomic mass is 32.2. The second-order valence-corrected chi connectivity index (χ2v) is 22.7. The first-order chi connectivity index (χ1) is 36.1. The van der Waals surface area contributed by atoms with Gasteiger partial charge in [-0.1, -0.05) is 84.2 Å². The van der Waals surface area contributed by atoms with Crippen LogP contribution in [0.1, 0.15) is 61.8 Å². The molecule has 0 spiro atoms. The number of aromatic hydroxyl groups is 1. The molecule has 1 atom stereocenters. The van der Waals surface area contributed by atoms with E-state index in [2.05, 4.69) is 87.6 Å². The Hall–Kier alpha value is -6.00. The van der Waals surface area contributed by atoms with Gasteiger partial charge in [0.05, 0.1) is 48.4 Å². The summed E-state index contributed by atoms with van der Waals surface area (Å²) in [5, 5.41) is 35.5. The number of hydrogen-bond donors (Lipinski definition) is 2. The summed E-state index contributed by atoms with van der Waals surface area (Å²) in [4.78, 5) is 23.6. The first-order valence-electron chi connectivity index (χ1n) is 24.7. The van der Waals surface area contributed by atoms with Crippen LogP contribution in [-0.2, 0) is 50.2 Å². The SMILES string of the molecule is COC(=O)C(C)COc1cc(COc2ccc3c(=C4SC=CS4)c4cc(O)ccc4c(=C4SC=CS4)c3c2)c(OC)cc1COCc1cc2ccc3cc(COCCCCCCNC(C)=O)cc4ccc(c1)c2c34. The lowest BCUT2D eigenvalue weighted by atomic mass is 9.92. The molecule has 0 radical (unpaired) electrons. The molecule has 2 aliphatic rings. The third-order valence-electron chi connectivity index (χ3n) is 13.3. The number of fused-ring (bicyclic) bond motifs is 2. The molecule has 2 N–H and O–H groups in total. The number of amides is 1. The van der Waals surface area contributed by atoms with E-state index in [1.54, 1.807) is 74.1 Å². The van der Waals surface area contributed by atoms with Gasteiger partial charge in [-0.3, -0.25) is 9.59 Å². The fraction of sp³-hybridized carbons (Fsp3) is 0.267. The second kappa shape index (κ2) is 23.7. The number of thioether (sulfide) groups is 4. The fourth-order valence-electron chi connectivity index (χ4n) is 9.76. The first kappa shape index (κ1) is 51.5. The minimum Gasteiger partial charge on any atom is -0.508 e. The second-order valence-electron chi connectivity index (χ2n) is 18.5. The van der Waals surface area contributed by atoms with Crippen LogP contribution in [0.2, 0.25) is 0 Å². The number of phenolic OH excluding ortho intramolecular Hbond substituents is 1. The number of esters is 1. The summed E-state index contributed by atoms with van der Waals surface area (Å²) in [6.07, 6.45) is 4.14. The maximum absolute atomic E-state index is 12.5. The highest BCUT2D eigenvalue weighted by Crippen LogP contribution is 2.42. The van der Waals surface area contributed by atoms with Crippen LogP contribution in [0.25, 0.3) is 62.3 Å². The maximum atomic E-state index is 12.5. The number of hydrogen-bond acceptors (Lipinski definition) is 13. The van der Waals surface area contributed by atoms with Gasteiger partial charge in [0.2, 0.25) is 5.91 Å². The number of ether oxygens (including phenoxy) is 6. The normalized spacial score (nSPS) is 13.8. The number of phenols is 1. The Morgan fingerprint density at radius 3 is 1.73 bits per heavy atom. The molecule has 2 aliphatic heterocycles. The van der Waals surface area contributed by atoms with Gasteiger partial charge in [0.15, 0.2) is 0 Å². The Balaban J connectivity index is 0.869. The molecular weight excluding hydrogens is 1010 g/mol. The van der Waals surface area contributed by atoms with Gasteiger partial charge in [0, 0.05) is 41.6 Å². The van der Waals surface area contributed by atoms with E-state index in [9.17, 15) is 14.7 Å². The highest BCUT2D eigenvalue weighted by Gasteiger charge is 2.21. The molecule has 74 heavy (non-hydrogen) atoms. The van der Waals surface area contributed by atoms with Gasteiger partial charge in [0.1, 0.15) is 36.2 Å². The predicted molar refractivity (Wildman–Crippen MR) is 307 cm³/mol. The molecule has 0 aromatic heterocycles. The summed E-state index contributed by atoms with van der Waals surface area (Å²) < 4.78 is 39.0. The molecule has 8 aromatic rings. The number of carbonyl (C=O) groups is 2. The van der Waals surface area contributed by atoms with Crippen LogP contribution in [0.4, 0.5) is 0 Å². The molecule has 1 unspecified atom stereocenters. The van der Waals surface area contributed by atoms with E-state index >= 15 is 0 Å². The van der Waals surface area contributed by atoms with Crippen LogP contribution in [0, 0.1) is 5.92 Å². The summed E-state index contributed by atoms with van der Waals surface area (Å²) in [5.74, 6) is 1.27. The minimum atomic E-state index is -0.500. The molecule has 10 nitrogen and oxygen atoms in total. The molecule has 0 bridgehead atoms. The van der Waals surface area contributed by atoms with Gasteiger partial charge in [-0.2, -0.15) is 0 Å². The lowest BCUT2D eigenvalue weighted by Gasteiger charge is -2.19. The van der Waals surface area contributed by atoms with Crippen molar-refractivity contribution in [3.63, 3.8) is 0 Å². The number of benzene rings is 8. The number of unbranched alkanes of at least 4 members (excludes halogenated alkanes) is 3. The zero-order valence-corrected chi connectivity index (χ0v) is 45.0. The summed E-state index contributed by atoms with van der Waals surface area (Å²) >= 11 is 6.78. The monoisotopic (exact) mass is 1060 g/mol. The van der Waals surface area contributed by atoms with E-state index in [0.29, 0.717) is 37.1 Å². The van der Waals surface area contributed by atoms with Gasteiger partial charge >= 0.3 is 5.97 Å². The van der Waals surface area contributed by atoms with Crippen molar-refractivity contribution in [2.75, 3.05) is 34.0 Å². The number of methoxy groups -OCH3 is 2. The summed E-state index contributed by atoms with van der Waals surface area (Å²) in [5.41, 5.74) is 3.74. The van der Waals surface area contributed by atoms with Crippen molar-refractivity contribution in [2.45, 2.75) is 66.0 Å². The van der Waals surface area contributed by atoms with Crippen molar-refractivity contribution in [2.24, 2.45) is 5.92 Å². The van der Waals surface area contributed by atoms with Crippen LogP contribution < -0.4 is 30.0 Å². The van der Waals surface area contributed by atoms with E-state index in [0.717, 1.165) is 101 Å². The fourth-order valence-corrected chi connectivity index (χ4v) is 13.6. The van der Waals surface area contributed by atoms with E-state index in [-0.39, 0.29) is 37.4 Å². The van der Waals surface area contributed by atoms with Gasteiger partial charge < -0.3 is 38.8 Å². The lowest BCUT2D eigenvalue weighted by Crippen LogP contribution is -2.20. The number of rotatable bonds is 21. The smallest absolute Gasteiger partial charge is 0.311 e. The number of carbonyl (C=O) groups excluding carboxylic acids is 2. The maximum Gasteiger partial charge on any atom is 0.311 e. The molecule has 380 valence electrons. The Kier molecular flexibility index (Phi) is 16.5. The molecule has 2 heterocycles. The largest absolute Gasteiger partial charge is 0.508 e. The van der Waals surface area contributed by atoms with Crippen molar-refractivity contribution in [3.05, 3.63) is 151 Å². The summed E-state index contributed by atoms with van der Waals surface area (Å²) in [6.45, 7) is 6.22. The molecular formula is C60H57NO9S4.